The van der Waals surface area contributed by atoms with Crippen LogP contribution in [-0.4, -0.2) is 36.1 Å². The zero-order valence-electron chi connectivity index (χ0n) is 10.6. The molecule has 2 heterocycles. The summed E-state index contributed by atoms with van der Waals surface area (Å²) in [5, 5.41) is 3.19. The van der Waals surface area contributed by atoms with Gasteiger partial charge in [0.15, 0.2) is 5.82 Å². The van der Waals surface area contributed by atoms with Gasteiger partial charge in [-0.25, -0.2) is 4.98 Å². The molecule has 18 heavy (non-hydrogen) atoms. The largest absolute Gasteiger partial charge is 0.352 e. The summed E-state index contributed by atoms with van der Waals surface area (Å²) in [4.78, 5) is 20.8. The molecule has 100 valence electrons. The van der Waals surface area contributed by atoms with E-state index in [4.69, 9.17) is 0 Å². The molecular formula is C12H19BrN4O. The quantitative estimate of drug-likeness (QED) is 0.884. The first-order chi connectivity index (χ1) is 8.74. The number of nitrogens with zero attached hydrogens (tertiary/aromatic N) is 2. The summed E-state index contributed by atoms with van der Waals surface area (Å²) in [7, 11) is 1.97. The lowest BCUT2D eigenvalue weighted by Gasteiger charge is -2.37. The number of nitrogens with one attached hydrogen (secondary N) is 2. The zero-order chi connectivity index (χ0) is 13.0. The molecule has 1 aromatic heterocycles. The Labute approximate surface area is 115 Å². The number of hydrogen-bond donors (Lipinski definition) is 2. The molecule has 0 bridgehead atoms. The Morgan fingerprint density at radius 1 is 1.61 bits per heavy atom. The Bertz CT molecular complexity index is 448. The monoisotopic (exact) mass is 314 g/mol. The standard InChI is InChI=1S/C12H19BrN4O/c1-14-6-5-9-4-2-3-7-17(9)11-10(13)12(18)16-8-15-11/h8-9,14H,2-7H2,1H3,(H,15,16,18). The fraction of sp³-hybridized carbons (Fsp3) is 0.667. The predicted molar refractivity (Wildman–Crippen MR) is 76.1 cm³/mol. The van der Waals surface area contributed by atoms with E-state index in [0.29, 0.717) is 10.5 Å². The van der Waals surface area contributed by atoms with Crippen LogP contribution in [0.2, 0.25) is 0 Å². The van der Waals surface area contributed by atoms with E-state index in [1.165, 1.54) is 19.2 Å². The highest BCUT2D eigenvalue weighted by Gasteiger charge is 2.25. The molecule has 1 aromatic rings. The van der Waals surface area contributed by atoms with Crippen LogP contribution in [0.3, 0.4) is 0 Å². The van der Waals surface area contributed by atoms with Gasteiger partial charge in [0.25, 0.3) is 5.56 Å². The Morgan fingerprint density at radius 3 is 3.22 bits per heavy atom. The van der Waals surface area contributed by atoms with E-state index in [9.17, 15) is 4.79 Å². The molecule has 0 spiro atoms. The second-order valence-corrected chi connectivity index (χ2v) is 5.40. The molecule has 0 amide bonds. The number of rotatable bonds is 4. The summed E-state index contributed by atoms with van der Waals surface area (Å²) in [5.74, 6) is 0.777. The number of halogens is 1. The van der Waals surface area contributed by atoms with E-state index >= 15 is 0 Å². The average Bonchev–Trinajstić information content (AvgIpc) is 2.40. The number of anilines is 1. The molecule has 1 atom stereocenters. The fourth-order valence-electron chi connectivity index (χ4n) is 2.46. The van der Waals surface area contributed by atoms with E-state index in [1.807, 2.05) is 7.05 Å². The van der Waals surface area contributed by atoms with Crippen molar-refractivity contribution in [1.29, 1.82) is 0 Å². The summed E-state index contributed by atoms with van der Waals surface area (Å²) in [5.41, 5.74) is -0.113. The van der Waals surface area contributed by atoms with Crippen molar-refractivity contribution in [1.82, 2.24) is 15.3 Å². The molecular weight excluding hydrogens is 296 g/mol. The number of aromatic amines is 1. The van der Waals surface area contributed by atoms with Gasteiger partial charge in [-0.05, 0) is 55.2 Å². The Morgan fingerprint density at radius 2 is 2.44 bits per heavy atom. The number of aromatic nitrogens is 2. The van der Waals surface area contributed by atoms with Crippen molar-refractivity contribution in [2.24, 2.45) is 0 Å². The van der Waals surface area contributed by atoms with Crippen molar-refractivity contribution in [2.45, 2.75) is 31.7 Å². The van der Waals surface area contributed by atoms with E-state index in [2.05, 4.69) is 36.1 Å². The van der Waals surface area contributed by atoms with Gasteiger partial charge in [-0.3, -0.25) is 4.79 Å². The van der Waals surface area contributed by atoms with Crippen LogP contribution < -0.4 is 15.8 Å². The van der Waals surface area contributed by atoms with Crippen LogP contribution in [0.25, 0.3) is 0 Å². The maximum absolute atomic E-state index is 11.6. The number of H-pyrrole nitrogens is 1. The van der Waals surface area contributed by atoms with Gasteiger partial charge in [0.05, 0.1) is 6.33 Å². The Hall–Kier alpha value is -0.880. The summed E-state index contributed by atoms with van der Waals surface area (Å²) in [6.07, 6.45) is 6.15. The molecule has 1 saturated heterocycles. The first kappa shape index (κ1) is 13.5. The highest BCUT2D eigenvalue weighted by Crippen LogP contribution is 2.28. The van der Waals surface area contributed by atoms with Gasteiger partial charge in [-0.2, -0.15) is 0 Å². The third-order valence-corrected chi connectivity index (χ3v) is 4.12. The van der Waals surface area contributed by atoms with Gasteiger partial charge >= 0.3 is 0 Å². The third-order valence-electron chi connectivity index (χ3n) is 3.40. The zero-order valence-corrected chi connectivity index (χ0v) is 12.2. The summed E-state index contributed by atoms with van der Waals surface area (Å²) in [6.45, 7) is 1.96. The minimum atomic E-state index is -0.113. The van der Waals surface area contributed by atoms with Crippen LogP contribution in [0.5, 0.6) is 0 Å². The molecule has 2 rings (SSSR count). The summed E-state index contributed by atoms with van der Waals surface area (Å²) in [6, 6.07) is 0.469. The molecule has 1 unspecified atom stereocenters. The van der Waals surface area contributed by atoms with Crippen LogP contribution in [0, 0.1) is 0 Å². The first-order valence-corrected chi connectivity index (χ1v) is 7.17. The van der Waals surface area contributed by atoms with Gasteiger partial charge in [-0.15, -0.1) is 0 Å². The lowest BCUT2D eigenvalue weighted by Crippen LogP contribution is -2.42. The van der Waals surface area contributed by atoms with E-state index < -0.39 is 0 Å². The lowest BCUT2D eigenvalue weighted by molar-refractivity contribution is 0.429. The highest BCUT2D eigenvalue weighted by atomic mass is 79.9. The molecule has 6 heteroatoms. The molecule has 0 radical (unpaired) electrons. The van der Waals surface area contributed by atoms with Crippen molar-refractivity contribution < 1.29 is 0 Å². The van der Waals surface area contributed by atoms with Crippen molar-refractivity contribution in [2.75, 3.05) is 25.0 Å². The van der Waals surface area contributed by atoms with Crippen molar-refractivity contribution in [3.63, 3.8) is 0 Å². The van der Waals surface area contributed by atoms with E-state index in [1.54, 1.807) is 0 Å². The first-order valence-electron chi connectivity index (χ1n) is 6.38. The number of hydrogen-bond acceptors (Lipinski definition) is 4. The highest BCUT2D eigenvalue weighted by molar-refractivity contribution is 9.10. The minimum absolute atomic E-state index is 0.113. The minimum Gasteiger partial charge on any atom is -0.352 e. The van der Waals surface area contributed by atoms with Crippen LogP contribution in [0.4, 0.5) is 5.82 Å². The topological polar surface area (TPSA) is 61.0 Å². The van der Waals surface area contributed by atoms with Crippen molar-refractivity contribution in [3.8, 4) is 0 Å². The van der Waals surface area contributed by atoms with Crippen LogP contribution in [-0.2, 0) is 0 Å². The molecule has 0 aliphatic carbocycles. The maximum atomic E-state index is 11.6. The summed E-state index contributed by atoms with van der Waals surface area (Å²) >= 11 is 3.35. The van der Waals surface area contributed by atoms with Crippen LogP contribution in [0.1, 0.15) is 25.7 Å². The second-order valence-electron chi connectivity index (χ2n) is 4.60. The van der Waals surface area contributed by atoms with Crippen molar-refractivity contribution >= 4 is 21.7 Å². The van der Waals surface area contributed by atoms with Crippen LogP contribution >= 0.6 is 15.9 Å². The molecule has 2 N–H and O–H groups in total. The third kappa shape index (κ3) is 2.92. The molecule has 5 nitrogen and oxygen atoms in total. The Balaban J connectivity index is 2.22. The van der Waals surface area contributed by atoms with Gasteiger partial charge in [0.2, 0.25) is 0 Å². The van der Waals surface area contributed by atoms with E-state index in [-0.39, 0.29) is 5.56 Å². The normalized spacial score (nSPS) is 20.1. The fourth-order valence-corrected chi connectivity index (χ4v) is 2.91. The predicted octanol–water partition coefficient (Wildman–Crippen LogP) is 1.50. The maximum Gasteiger partial charge on any atom is 0.267 e. The summed E-state index contributed by atoms with van der Waals surface area (Å²) < 4.78 is 0.543. The lowest BCUT2D eigenvalue weighted by atomic mass is 9.99. The SMILES string of the molecule is CNCCC1CCCCN1c1nc[nH]c(=O)c1Br. The molecule has 1 aliphatic rings. The Kier molecular flexibility index (Phi) is 4.77. The molecule has 1 fully saturated rings. The van der Waals surface area contributed by atoms with E-state index in [0.717, 1.165) is 31.7 Å². The van der Waals surface area contributed by atoms with Gasteiger partial charge in [0.1, 0.15) is 4.47 Å². The van der Waals surface area contributed by atoms with Gasteiger partial charge in [-0.1, -0.05) is 0 Å². The van der Waals surface area contributed by atoms with Crippen LogP contribution in [0.15, 0.2) is 15.6 Å². The second kappa shape index (κ2) is 6.33. The van der Waals surface area contributed by atoms with Crippen molar-refractivity contribution in [3.05, 3.63) is 21.2 Å². The molecule has 0 saturated carbocycles. The van der Waals surface area contributed by atoms with Gasteiger partial charge in [0, 0.05) is 12.6 Å². The number of piperidine rings is 1. The van der Waals surface area contributed by atoms with Gasteiger partial charge < -0.3 is 15.2 Å². The molecule has 1 aliphatic heterocycles. The molecule has 0 aromatic carbocycles. The average molecular weight is 315 g/mol. The smallest absolute Gasteiger partial charge is 0.267 e.